The van der Waals surface area contributed by atoms with Crippen LogP contribution in [0.15, 0.2) is 11.4 Å². The summed E-state index contributed by atoms with van der Waals surface area (Å²) in [6.07, 6.45) is 0. The smallest absolute Gasteiger partial charge is 0.0874 e. The van der Waals surface area contributed by atoms with Gasteiger partial charge >= 0.3 is 0 Å². The minimum Gasteiger partial charge on any atom is -0.314 e. The second-order valence-electron chi connectivity index (χ2n) is 6.34. The molecule has 2 aliphatic heterocycles. The molecule has 5 heteroatoms. The molecule has 1 saturated heterocycles. The van der Waals surface area contributed by atoms with Gasteiger partial charge in [-0.2, -0.15) is 0 Å². The van der Waals surface area contributed by atoms with Crippen molar-refractivity contribution < 1.29 is 0 Å². The molecule has 2 aliphatic rings. The molecule has 0 aliphatic carbocycles. The van der Waals surface area contributed by atoms with Crippen molar-refractivity contribution in [2.75, 3.05) is 37.9 Å². The fourth-order valence-electron chi connectivity index (χ4n) is 2.73. The number of hydrogen-bond donors (Lipinski definition) is 1. The van der Waals surface area contributed by atoms with Crippen molar-refractivity contribution in [1.82, 2.24) is 15.2 Å². The van der Waals surface area contributed by atoms with E-state index in [1.54, 1.807) is 0 Å². The lowest BCUT2D eigenvalue weighted by Gasteiger charge is -2.48. The molecule has 106 valence electrons. The van der Waals surface area contributed by atoms with Crippen molar-refractivity contribution in [3.8, 4) is 0 Å². The van der Waals surface area contributed by atoms with Crippen molar-refractivity contribution >= 4 is 17.0 Å². The molecule has 0 radical (unpaired) electrons. The van der Waals surface area contributed by atoms with Gasteiger partial charge in [0.1, 0.15) is 0 Å². The molecule has 0 aromatic carbocycles. The number of nitrogens with one attached hydrogen (secondary N) is 1. The molecule has 0 bridgehead atoms. The number of hydrazine groups is 1. The first-order valence-electron chi connectivity index (χ1n) is 7.10. The summed E-state index contributed by atoms with van der Waals surface area (Å²) in [6, 6.07) is 2.28. The molecule has 1 aromatic rings. The summed E-state index contributed by atoms with van der Waals surface area (Å²) in [4.78, 5) is 4.06. The number of fused-ring (bicyclic) bond motifs is 1. The largest absolute Gasteiger partial charge is 0.314 e. The summed E-state index contributed by atoms with van der Waals surface area (Å²) >= 11 is 1.89. The van der Waals surface area contributed by atoms with Gasteiger partial charge in [0, 0.05) is 43.1 Å². The maximum Gasteiger partial charge on any atom is 0.0874 e. The van der Waals surface area contributed by atoms with Crippen LogP contribution in [-0.2, 0) is 6.54 Å². The Morgan fingerprint density at radius 2 is 1.95 bits per heavy atom. The van der Waals surface area contributed by atoms with Gasteiger partial charge in [0.25, 0.3) is 0 Å². The minimum atomic E-state index is 0.216. The predicted molar refractivity (Wildman–Crippen MR) is 81.4 cm³/mol. The molecule has 1 fully saturated rings. The monoisotopic (exact) mass is 280 g/mol. The zero-order valence-corrected chi connectivity index (χ0v) is 13.0. The molecular weight excluding hydrogens is 256 g/mol. The minimum absolute atomic E-state index is 0.216. The number of anilines is 1. The molecular formula is C14H24N4S. The normalized spacial score (nSPS) is 22.6. The Morgan fingerprint density at radius 3 is 2.63 bits per heavy atom. The Kier molecular flexibility index (Phi) is 3.55. The van der Waals surface area contributed by atoms with Crippen LogP contribution in [0.3, 0.4) is 0 Å². The first-order chi connectivity index (χ1) is 9.05. The van der Waals surface area contributed by atoms with E-state index in [-0.39, 0.29) is 5.54 Å². The van der Waals surface area contributed by atoms with Gasteiger partial charge in [-0.25, -0.2) is 5.01 Å². The summed E-state index contributed by atoms with van der Waals surface area (Å²) in [5.74, 6) is 0. The Labute approximate surface area is 120 Å². The molecule has 3 rings (SSSR count). The third-order valence-electron chi connectivity index (χ3n) is 4.02. The second kappa shape index (κ2) is 5.05. The van der Waals surface area contributed by atoms with Gasteiger partial charge in [-0.3, -0.25) is 9.91 Å². The first-order valence-corrected chi connectivity index (χ1v) is 7.98. The molecule has 1 aromatic heterocycles. The topological polar surface area (TPSA) is 21.8 Å². The summed E-state index contributed by atoms with van der Waals surface area (Å²) in [7, 11) is 0. The van der Waals surface area contributed by atoms with Crippen LogP contribution in [0.4, 0.5) is 5.69 Å². The van der Waals surface area contributed by atoms with Gasteiger partial charge in [-0.05, 0) is 32.2 Å². The van der Waals surface area contributed by atoms with E-state index in [2.05, 4.69) is 52.5 Å². The second-order valence-corrected chi connectivity index (χ2v) is 7.34. The zero-order chi connectivity index (χ0) is 13.5. The first kappa shape index (κ1) is 13.4. The Bertz CT molecular complexity index is 431. The van der Waals surface area contributed by atoms with Crippen molar-refractivity contribution in [1.29, 1.82) is 0 Å². The molecule has 1 N–H and O–H groups in total. The standard InChI is InChI=1S/C14H24N4S/c1-14(2,3)16-10-13-12(4-9-19-13)18(11-16)17-7-5-15-6-8-17/h4,9,15H,5-8,10-11H2,1-3H3. The maximum atomic E-state index is 3.43. The van der Waals surface area contributed by atoms with E-state index < -0.39 is 0 Å². The fraction of sp³-hybridized carbons (Fsp3) is 0.714. The molecule has 0 spiro atoms. The third-order valence-corrected chi connectivity index (χ3v) is 4.92. The van der Waals surface area contributed by atoms with Crippen molar-refractivity contribution in [3.05, 3.63) is 16.3 Å². The van der Waals surface area contributed by atoms with E-state index in [1.165, 1.54) is 10.6 Å². The molecule has 0 atom stereocenters. The van der Waals surface area contributed by atoms with Gasteiger partial charge in [0.05, 0.1) is 12.4 Å². The number of hydrogen-bond acceptors (Lipinski definition) is 5. The van der Waals surface area contributed by atoms with Crippen LogP contribution in [0.5, 0.6) is 0 Å². The summed E-state index contributed by atoms with van der Waals surface area (Å²) in [5.41, 5.74) is 1.64. The third kappa shape index (κ3) is 2.65. The zero-order valence-electron chi connectivity index (χ0n) is 12.1. The van der Waals surface area contributed by atoms with Crippen LogP contribution >= 0.6 is 11.3 Å². The lowest BCUT2D eigenvalue weighted by molar-refractivity contribution is 0.0816. The lowest BCUT2D eigenvalue weighted by atomic mass is 10.1. The summed E-state index contributed by atoms with van der Waals surface area (Å²) in [6.45, 7) is 13.4. The molecule has 19 heavy (non-hydrogen) atoms. The fourth-order valence-corrected chi connectivity index (χ4v) is 3.61. The predicted octanol–water partition coefficient (Wildman–Crippen LogP) is 1.95. The summed E-state index contributed by atoms with van der Waals surface area (Å²) in [5, 5.41) is 10.6. The Balaban J connectivity index is 1.86. The van der Waals surface area contributed by atoms with Gasteiger partial charge in [0.2, 0.25) is 0 Å². The van der Waals surface area contributed by atoms with Gasteiger partial charge < -0.3 is 5.32 Å². The molecule has 4 nitrogen and oxygen atoms in total. The molecule has 0 amide bonds. The average Bonchev–Trinajstić information content (AvgIpc) is 2.85. The van der Waals surface area contributed by atoms with E-state index in [9.17, 15) is 0 Å². The number of nitrogens with zero attached hydrogens (tertiary/aromatic N) is 3. The van der Waals surface area contributed by atoms with Crippen LogP contribution < -0.4 is 10.3 Å². The van der Waals surface area contributed by atoms with E-state index in [0.717, 1.165) is 39.4 Å². The van der Waals surface area contributed by atoms with E-state index in [0.29, 0.717) is 0 Å². The van der Waals surface area contributed by atoms with E-state index >= 15 is 0 Å². The van der Waals surface area contributed by atoms with Crippen molar-refractivity contribution in [2.45, 2.75) is 32.9 Å². The van der Waals surface area contributed by atoms with Gasteiger partial charge in [0.15, 0.2) is 0 Å². The van der Waals surface area contributed by atoms with Crippen LogP contribution in [-0.4, -0.2) is 48.3 Å². The highest BCUT2D eigenvalue weighted by molar-refractivity contribution is 7.10. The lowest BCUT2D eigenvalue weighted by Crippen LogP contribution is -2.59. The van der Waals surface area contributed by atoms with Crippen LogP contribution in [0.1, 0.15) is 25.6 Å². The highest BCUT2D eigenvalue weighted by Gasteiger charge is 2.33. The van der Waals surface area contributed by atoms with Crippen LogP contribution in [0.25, 0.3) is 0 Å². The summed E-state index contributed by atoms with van der Waals surface area (Å²) < 4.78 is 0. The van der Waals surface area contributed by atoms with Gasteiger partial charge in [-0.15, -0.1) is 11.3 Å². The SMILES string of the molecule is CC(C)(C)N1Cc2sccc2N(N2CCNCC2)C1. The van der Waals surface area contributed by atoms with Crippen molar-refractivity contribution in [2.24, 2.45) is 0 Å². The molecule has 0 unspecified atom stereocenters. The van der Waals surface area contributed by atoms with Crippen molar-refractivity contribution in [3.63, 3.8) is 0 Å². The number of thiophene rings is 1. The number of rotatable bonds is 1. The van der Waals surface area contributed by atoms with E-state index in [1.807, 2.05) is 11.3 Å². The van der Waals surface area contributed by atoms with E-state index in [4.69, 9.17) is 0 Å². The highest BCUT2D eigenvalue weighted by atomic mass is 32.1. The highest BCUT2D eigenvalue weighted by Crippen LogP contribution is 2.35. The molecule has 3 heterocycles. The van der Waals surface area contributed by atoms with Gasteiger partial charge in [-0.1, -0.05) is 0 Å². The quantitative estimate of drug-likeness (QED) is 0.848. The van der Waals surface area contributed by atoms with Crippen LogP contribution in [0, 0.1) is 0 Å². The van der Waals surface area contributed by atoms with Crippen LogP contribution in [0.2, 0.25) is 0 Å². The average molecular weight is 280 g/mol. The number of piperazine rings is 1. The molecule has 0 saturated carbocycles. The Morgan fingerprint density at radius 1 is 1.21 bits per heavy atom. The Hall–Kier alpha value is -0.620. The maximum absolute atomic E-state index is 3.43.